The Balaban J connectivity index is 0.00000162. The average Bonchev–Trinajstić information content (AvgIpc) is 2.33. The molecule has 1 amide bonds. The standard InChI is InChI=1S/C13H23FN2O.ClH/c1-2-13(3-5-15-6-4-13)12(17)16-9-10-7-11(14)8-10;/h10-11,15H,2-9H2,1H3,(H,16,17);1H. The molecule has 0 aromatic rings. The maximum absolute atomic E-state index is 12.7. The largest absolute Gasteiger partial charge is 0.355 e. The van der Waals surface area contributed by atoms with Gasteiger partial charge in [-0.3, -0.25) is 4.79 Å². The number of nitrogens with one attached hydrogen (secondary N) is 2. The molecule has 2 N–H and O–H groups in total. The van der Waals surface area contributed by atoms with Crippen LogP contribution >= 0.6 is 12.4 Å². The number of piperidine rings is 1. The molecule has 106 valence electrons. The Hall–Kier alpha value is -0.350. The minimum absolute atomic E-state index is 0. The molecule has 3 nitrogen and oxygen atoms in total. The quantitative estimate of drug-likeness (QED) is 0.826. The monoisotopic (exact) mass is 278 g/mol. The summed E-state index contributed by atoms with van der Waals surface area (Å²) in [7, 11) is 0. The predicted octanol–water partition coefficient (Wildman–Crippen LogP) is 2.05. The van der Waals surface area contributed by atoms with Crippen LogP contribution in [0.15, 0.2) is 0 Å². The van der Waals surface area contributed by atoms with E-state index in [1.54, 1.807) is 0 Å². The van der Waals surface area contributed by atoms with Gasteiger partial charge in [0.25, 0.3) is 0 Å². The van der Waals surface area contributed by atoms with Gasteiger partial charge in [-0.2, -0.15) is 0 Å². The van der Waals surface area contributed by atoms with E-state index in [9.17, 15) is 9.18 Å². The number of carbonyl (C=O) groups excluding carboxylic acids is 1. The maximum Gasteiger partial charge on any atom is 0.226 e. The minimum Gasteiger partial charge on any atom is -0.355 e. The van der Waals surface area contributed by atoms with E-state index in [2.05, 4.69) is 17.6 Å². The number of hydrogen-bond acceptors (Lipinski definition) is 2. The molecule has 0 aromatic heterocycles. The van der Waals surface area contributed by atoms with Crippen molar-refractivity contribution in [3.05, 3.63) is 0 Å². The van der Waals surface area contributed by atoms with Crippen molar-refractivity contribution in [1.29, 1.82) is 0 Å². The van der Waals surface area contributed by atoms with Gasteiger partial charge < -0.3 is 10.6 Å². The van der Waals surface area contributed by atoms with Crippen molar-refractivity contribution >= 4 is 18.3 Å². The summed E-state index contributed by atoms with van der Waals surface area (Å²) < 4.78 is 12.7. The van der Waals surface area contributed by atoms with Gasteiger partial charge in [0, 0.05) is 6.54 Å². The molecule has 1 aliphatic heterocycles. The summed E-state index contributed by atoms with van der Waals surface area (Å²) in [5, 5.41) is 6.33. The summed E-state index contributed by atoms with van der Waals surface area (Å²) in [4.78, 5) is 12.2. The average molecular weight is 279 g/mol. The van der Waals surface area contributed by atoms with E-state index in [4.69, 9.17) is 0 Å². The van der Waals surface area contributed by atoms with Gasteiger partial charge in [0.05, 0.1) is 5.41 Å². The summed E-state index contributed by atoms with van der Waals surface area (Å²) in [6.07, 6.45) is 3.37. The van der Waals surface area contributed by atoms with Crippen LogP contribution in [-0.2, 0) is 4.79 Å². The highest BCUT2D eigenvalue weighted by Crippen LogP contribution is 2.33. The minimum atomic E-state index is -0.629. The summed E-state index contributed by atoms with van der Waals surface area (Å²) in [6, 6.07) is 0. The highest BCUT2D eigenvalue weighted by molar-refractivity contribution is 5.85. The zero-order valence-electron chi connectivity index (χ0n) is 11.0. The Morgan fingerprint density at radius 2 is 2.00 bits per heavy atom. The molecule has 0 spiro atoms. The van der Waals surface area contributed by atoms with Crippen LogP contribution in [-0.4, -0.2) is 31.7 Å². The topological polar surface area (TPSA) is 41.1 Å². The highest BCUT2D eigenvalue weighted by Gasteiger charge is 2.38. The Morgan fingerprint density at radius 1 is 1.39 bits per heavy atom. The zero-order valence-corrected chi connectivity index (χ0v) is 11.8. The number of carbonyl (C=O) groups is 1. The molecule has 2 fully saturated rings. The lowest BCUT2D eigenvalue weighted by molar-refractivity contribution is -0.133. The van der Waals surface area contributed by atoms with E-state index < -0.39 is 6.17 Å². The molecule has 0 unspecified atom stereocenters. The van der Waals surface area contributed by atoms with Crippen LogP contribution in [0.2, 0.25) is 0 Å². The summed E-state index contributed by atoms with van der Waals surface area (Å²) in [6.45, 7) is 4.61. The SMILES string of the molecule is CCC1(C(=O)NCC2CC(F)C2)CCNCC1.Cl. The Kier molecular flexibility index (Phi) is 5.86. The Morgan fingerprint density at radius 3 is 2.50 bits per heavy atom. The maximum atomic E-state index is 12.7. The molecule has 1 aliphatic carbocycles. The highest BCUT2D eigenvalue weighted by atomic mass is 35.5. The summed E-state index contributed by atoms with van der Waals surface area (Å²) in [5.74, 6) is 0.549. The number of halogens is 2. The van der Waals surface area contributed by atoms with Crippen LogP contribution in [0.3, 0.4) is 0 Å². The zero-order chi connectivity index (χ0) is 12.3. The van der Waals surface area contributed by atoms with Gasteiger partial charge in [-0.25, -0.2) is 4.39 Å². The Bertz CT molecular complexity index is 276. The van der Waals surface area contributed by atoms with Gasteiger partial charge in [-0.1, -0.05) is 6.92 Å². The molecule has 2 rings (SSSR count). The second-order valence-corrected chi connectivity index (χ2v) is 5.53. The molecule has 5 heteroatoms. The number of alkyl halides is 1. The van der Waals surface area contributed by atoms with Crippen LogP contribution in [0, 0.1) is 11.3 Å². The van der Waals surface area contributed by atoms with Crippen molar-refractivity contribution in [2.75, 3.05) is 19.6 Å². The first-order valence-corrected chi connectivity index (χ1v) is 6.79. The van der Waals surface area contributed by atoms with Crippen LogP contribution in [0.5, 0.6) is 0 Å². The van der Waals surface area contributed by atoms with Gasteiger partial charge >= 0.3 is 0 Å². The molecule has 0 aromatic carbocycles. The van der Waals surface area contributed by atoms with Crippen LogP contribution < -0.4 is 10.6 Å². The third-order valence-corrected chi connectivity index (χ3v) is 4.45. The Labute approximate surface area is 115 Å². The lowest BCUT2D eigenvalue weighted by Crippen LogP contribution is -2.49. The fourth-order valence-corrected chi connectivity index (χ4v) is 2.89. The van der Waals surface area contributed by atoms with Gasteiger partial charge in [0.15, 0.2) is 0 Å². The van der Waals surface area contributed by atoms with Gasteiger partial charge in [0.2, 0.25) is 5.91 Å². The van der Waals surface area contributed by atoms with Crippen molar-refractivity contribution in [2.24, 2.45) is 11.3 Å². The molecule has 1 heterocycles. The summed E-state index contributed by atoms with van der Waals surface area (Å²) >= 11 is 0. The van der Waals surface area contributed by atoms with Crippen molar-refractivity contribution in [3.63, 3.8) is 0 Å². The van der Waals surface area contributed by atoms with E-state index in [0.717, 1.165) is 32.4 Å². The molecular formula is C13H24ClFN2O. The van der Waals surface area contributed by atoms with Gasteiger partial charge in [-0.05, 0) is 51.1 Å². The second kappa shape index (κ2) is 6.71. The normalized spacial score (nSPS) is 29.9. The molecule has 18 heavy (non-hydrogen) atoms. The first kappa shape index (κ1) is 15.7. The fourth-order valence-electron chi connectivity index (χ4n) is 2.89. The third-order valence-electron chi connectivity index (χ3n) is 4.45. The van der Waals surface area contributed by atoms with Crippen LogP contribution in [0.25, 0.3) is 0 Å². The van der Waals surface area contributed by atoms with Crippen molar-refractivity contribution in [2.45, 2.75) is 45.2 Å². The predicted molar refractivity (Wildman–Crippen MR) is 72.7 cm³/mol. The van der Waals surface area contributed by atoms with Crippen LogP contribution in [0.1, 0.15) is 39.0 Å². The van der Waals surface area contributed by atoms with E-state index in [-0.39, 0.29) is 23.7 Å². The number of rotatable bonds is 4. The van der Waals surface area contributed by atoms with Gasteiger partial charge in [-0.15, -0.1) is 12.4 Å². The first-order valence-electron chi connectivity index (χ1n) is 6.79. The molecule has 1 saturated carbocycles. The molecule has 0 atom stereocenters. The molecule has 2 aliphatic rings. The lowest BCUT2D eigenvalue weighted by Gasteiger charge is -2.37. The molecule has 1 saturated heterocycles. The van der Waals surface area contributed by atoms with E-state index in [1.165, 1.54) is 0 Å². The lowest BCUT2D eigenvalue weighted by atomic mass is 9.75. The second-order valence-electron chi connectivity index (χ2n) is 5.53. The van der Waals surface area contributed by atoms with E-state index in [1.807, 2.05) is 0 Å². The van der Waals surface area contributed by atoms with Crippen molar-refractivity contribution in [1.82, 2.24) is 10.6 Å². The molecule has 0 bridgehead atoms. The van der Waals surface area contributed by atoms with Gasteiger partial charge in [0.1, 0.15) is 6.17 Å². The fraction of sp³-hybridized carbons (Fsp3) is 0.923. The first-order chi connectivity index (χ1) is 8.16. The third kappa shape index (κ3) is 3.35. The number of hydrogen-bond donors (Lipinski definition) is 2. The van der Waals surface area contributed by atoms with Crippen LogP contribution in [0.4, 0.5) is 4.39 Å². The smallest absolute Gasteiger partial charge is 0.226 e. The molecular weight excluding hydrogens is 255 g/mol. The molecule has 0 radical (unpaired) electrons. The summed E-state index contributed by atoms with van der Waals surface area (Å²) in [5.41, 5.74) is -0.176. The van der Waals surface area contributed by atoms with Crippen molar-refractivity contribution in [3.8, 4) is 0 Å². The van der Waals surface area contributed by atoms with Crippen molar-refractivity contribution < 1.29 is 9.18 Å². The van der Waals surface area contributed by atoms with E-state index >= 15 is 0 Å². The van der Waals surface area contributed by atoms with E-state index in [0.29, 0.717) is 25.3 Å². The number of amides is 1.